The predicted octanol–water partition coefficient (Wildman–Crippen LogP) is 22.1. The summed E-state index contributed by atoms with van der Waals surface area (Å²) >= 11 is 0. The molecule has 0 spiro atoms. The fraction of sp³-hybridized carbons (Fsp3) is 0.667. The molecule has 0 aliphatic heterocycles. The molecule has 0 aromatic carbocycles. The summed E-state index contributed by atoms with van der Waals surface area (Å²) in [6, 6.07) is 0. The number of carbonyl (C=O) groups excluding carboxylic acids is 3. The van der Waals surface area contributed by atoms with Gasteiger partial charge in [0.2, 0.25) is 0 Å². The quantitative estimate of drug-likeness (QED) is 0.0146. The van der Waals surface area contributed by atoms with Gasteiger partial charge in [-0.15, -0.1) is 0 Å². The number of phosphoric acid groups is 2. The van der Waals surface area contributed by atoms with Gasteiger partial charge < -0.3 is 34.2 Å². The third-order valence-corrected chi connectivity index (χ3v) is 17.4. The van der Waals surface area contributed by atoms with Crippen molar-refractivity contribution in [3.63, 3.8) is 0 Å². The van der Waals surface area contributed by atoms with E-state index in [0.717, 1.165) is 122 Å². The molecule has 0 saturated heterocycles. The Morgan fingerprint density at radius 2 is 0.556 bits per heavy atom. The number of allylic oxidation sites excluding steroid dienone is 24. The third kappa shape index (κ3) is 74.4. The van der Waals surface area contributed by atoms with E-state index in [9.17, 15) is 43.5 Å². The van der Waals surface area contributed by atoms with Crippen LogP contribution in [0.2, 0.25) is 0 Å². The highest BCUT2D eigenvalue weighted by molar-refractivity contribution is 7.47. The van der Waals surface area contributed by atoms with E-state index in [1.165, 1.54) is 103 Å². The average Bonchev–Trinajstić information content (AvgIpc) is 1.92. The van der Waals surface area contributed by atoms with Crippen LogP contribution in [0.3, 0.4) is 0 Å². The highest BCUT2D eigenvalue weighted by atomic mass is 31.2. The topological polar surface area (TPSA) is 231 Å². The van der Waals surface area contributed by atoms with Gasteiger partial charge in [-0.05, 0) is 135 Å². The Morgan fingerprint density at radius 1 is 0.293 bits per heavy atom. The van der Waals surface area contributed by atoms with Gasteiger partial charge in [0.25, 0.3) is 0 Å². The maximum Gasteiger partial charge on any atom is 0.472 e. The van der Waals surface area contributed by atoms with Gasteiger partial charge >= 0.3 is 33.6 Å². The Morgan fingerprint density at radius 3 is 0.909 bits per heavy atom. The van der Waals surface area contributed by atoms with Crippen molar-refractivity contribution in [2.75, 3.05) is 39.6 Å². The molecule has 0 saturated carbocycles. The van der Waals surface area contributed by atoms with Crippen molar-refractivity contribution >= 4 is 33.6 Å². The second kappa shape index (κ2) is 73.2. The number of esters is 3. The Kier molecular flexibility index (Phi) is 69.8. The lowest BCUT2D eigenvalue weighted by molar-refractivity contribution is -0.161. The monoisotopic (exact) mass is 1430 g/mol. The molecule has 0 amide bonds. The largest absolute Gasteiger partial charge is 0.472 e. The number of aliphatic hydroxyl groups excluding tert-OH is 2. The normalized spacial score (nSPS) is 14.9. The minimum atomic E-state index is -4.95. The van der Waals surface area contributed by atoms with Crippen LogP contribution in [0, 0.1) is 0 Å². The molecular weight excluding hydrogens is 1290 g/mol. The molecule has 0 aliphatic carbocycles. The average molecular weight is 1430 g/mol. The molecular formula is C81H136O16P2. The van der Waals surface area contributed by atoms with Gasteiger partial charge in [-0.25, -0.2) is 9.13 Å². The molecule has 0 aromatic heterocycles. The molecule has 0 aliphatic rings. The van der Waals surface area contributed by atoms with E-state index in [2.05, 4.69) is 148 Å². The number of aliphatic hydroxyl groups is 2. The number of phosphoric ester groups is 2. The Hall–Kier alpha value is -4.57. The molecule has 99 heavy (non-hydrogen) atoms. The standard InChI is InChI=1S/C81H136O16P2/c1-4-7-10-13-16-19-22-25-28-30-32-33-34-35-36-37-38-39-40-41-43-45-47-49-52-55-58-61-64-67-79(84)91-70-76(82)71-93-98(87,88)94-72-77(83)73-95-99(89,90)96-75-78(97-81(86)69-66-63-60-57-54-51-46-27-24-21-18-15-12-9-6-3)74-92-80(85)68-65-62-59-56-53-50-48-44-42-31-29-26-23-20-17-14-11-8-5-2/h8,11,16-21,25-29,32-33,35-36,42,44,46,50,53,59,62,76-78,82-83H,4-7,9-10,12-15,22-24,30-31,34,37-41,43,45,47-49,51-52,54-58,60-61,63-75H2,1-3H3,(H,87,88)(H,89,90)/b11-8-,19-16-,20-17-,21-18-,28-25-,29-26-,33-32-,36-35-,44-42-,46-27-,53-50-,62-59-. The zero-order valence-electron chi connectivity index (χ0n) is 61.6. The lowest BCUT2D eigenvalue weighted by Crippen LogP contribution is -2.30. The Bertz CT molecular complexity index is 2380. The van der Waals surface area contributed by atoms with Crippen molar-refractivity contribution in [2.24, 2.45) is 0 Å². The smallest absolute Gasteiger partial charge is 0.463 e. The first-order valence-corrected chi connectivity index (χ1v) is 41.1. The molecule has 5 atom stereocenters. The van der Waals surface area contributed by atoms with E-state index in [1.807, 2.05) is 18.2 Å². The lowest BCUT2D eigenvalue weighted by atomic mass is 10.0. The summed E-state index contributed by atoms with van der Waals surface area (Å²) in [5.74, 6) is -1.70. The Labute approximate surface area is 600 Å². The molecule has 0 heterocycles. The predicted molar refractivity (Wildman–Crippen MR) is 408 cm³/mol. The highest BCUT2D eigenvalue weighted by Gasteiger charge is 2.29. The van der Waals surface area contributed by atoms with Crippen LogP contribution < -0.4 is 0 Å². The lowest BCUT2D eigenvalue weighted by Gasteiger charge is -2.21. The molecule has 0 radical (unpaired) electrons. The second-order valence-electron chi connectivity index (χ2n) is 25.1. The Balaban J connectivity index is 4.58. The number of hydrogen-bond acceptors (Lipinski definition) is 14. The van der Waals surface area contributed by atoms with Crippen LogP contribution in [0.5, 0.6) is 0 Å². The van der Waals surface area contributed by atoms with E-state index in [-0.39, 0.29) is 19.3 Å². The molecule has 0 bridgehead atoms. The highest BCUT2D eigenvalue weighted by Crippen LogP contribution is 2.45. The van der Waals surface area contributed by atoms with Crippen molar-refractivity contribution in [3.05, 3.63) is 146 Å². The minimum Gasteiger partial charge on any atom is -0.463 e. The van der Waals surface area contributed by atoms with E-state index in [1.54, 1.807) is 0 Å². The number of ether oxygens (including phenoxy) is 3. The summed E-state index contributed by atoms with van der Waals surface area (Å²) in [5, 5.41) is 20.6. The SMILES string of the molecule is CC/C=C\C/C=C\C/C=C\C/C=C\C/C=C\C/C=C\CCC(=O)OCC(COP(=O)(O)OCC(O)COP(=O)(O)OCC(O)COC(=O)CCCCCCCCCCCCCCC/C=C\C/C=C\C/C=C\C/C=C\CCCCC)OC(=O)CCCCCCC/C=C\C/C=C\CCCCC. The zero-order chi connectivity index (χ0) is 72.3. The van der Waals surface area contributed by atoms with Gasteiger partial charge in [0.1, 0.15) is 25.4 Å². The van der Waals surface area contributed by atoms with E-state index < -0.39 is 91.5 Å². The number of carbonyl (C=O) groups is 3. The van der Waals surface area contributed by atoms with E-state index in [0.29, 0.717) is 25.7 Å². The van der Waals surface area contributed by atoms with Gasteiger partial charge in [0.15, 0.2) is 6.10 Å². The number of hydrogen-bond donors (Lipinski definition) is 4. The van der Waals surface area contributed by atoms with E-state index >= 15 is 0 Å². The first-order chi connectivity index (χ1) is 48.2. The zero-order valence-corrected chi connectivity index (χ0v) is 63.4. The fourth-order valence-corrected chi connectivity index (χ4v) is 11.3. The minimum absolute atomic E-state index is 0.0381. The van der Waals surface area contributed by atoms with Gasteiger partial charge in [-0.1, -0.05) is 282 Å². The van der Waals surface area contributed by atoms with Crippen molar-refractivity contribution in [1.29, 1.82) is 0 Å². The van der Waals surface area contributed by atoms with Crippen molar-refractivity contribution < 1.29 is 75.8 Å². The van der Waals surface area contributed by atoms with Crippen LogP contribution >= 0.6 is 15.6 Å². The molecule has 0 fully saturated rings. The number of unbranched alkanes of at least 4 members (excludes halogenated alkanes) is 24. The molecule has 18 heteroatoms. The number of rotatable bonds is 71. The second-order valence-corrected chi connectivity index (χ2v) is 28.0. The maximum atomic E-state index is 12.9. The van der Waals surface area contributed by atoms with Gasteiger partial charge in [-0.2, -0.15) is 0 Å². The van der Waals surface area contributed by atoms with Gasteiger partial charge in [0.05, 0.1) is 26.4 Å². The summed E-state index contributed by atoms with van der Waals surface area (Å²) in [6.07, 6.45) is 89.2. The van der Waals surface area contributed by atoms with Crippen molar-refractivity contribution in [1.82, 2.24) is 0 Å². The van der Waals surface area contributed by atoms with Gasteiger partial charge in [-0.3, -0.25) is 32.5 Å². The first kappa shape index (κ1) is 94.4. The van der Waals surface area contributed by atoms with E-state index in [4.69, 9.17) is 32.3 Å². The van der Waals surface area contributed by atoms with Crippen molar-refractivity contribution in [3.8, 4) is 0 Å². The van der Waals surface area contributed by atoms with Crippen LogP contribution in [0.15, 0.2) is 146 Å². The summed E-state index contributed by atoms with van der Waals surface area (Å²) in [6.45, 7) is 2.39. The summed E-state index contributed by atoms with van der Waals surface area (Å²) in [4.78, 5) is 58.5. The summed E-state index contributed by atoms with van der Waals surface area (Å²) in [5.41, 5.74) is 0. The fourth-order valence-electron chi connectivity index (χ4n) is 9.73. The van der Waals surface area contributed by atoms with Crippen LogP contribution in [-0.4, -0.2) is 95.9 Å². The maximum absolute atomic E-state index is 12.9. The first-order valence-electron chi connectivity index (χ1n) is 38.1. The van der Waals surface area contributed by atoms with Crippen LogP contribution in [0.4, 0.5) is 0 Å². The summed E-state index contributed by atoms with van der Waals surface area (Å²) < 4.78 is 60.9. The van der Waals surface area contributed by atoms with Crippen LogP contribution in [-0.2, 0) is 55.8 Å². The molecule has 16 nitrogen and oxygen atoms in total. The molecule has 0 rings (SSSR count). The molecule has 5 unspecified atom stereocenters. The van der Waals surface area contributed by atoms with Gasteiger partial charge in [0, 0.05) is 19.3 Å². The molecule has 4 N–H and O–H groups in total. The van der Waals surface area contributed by atoms with Crippen molar-refractivity contribution in [2.45, 2.75) is 309 Å². The summed E-state index contributed by atoms with van der Waals surface area (Å²) in [7, 11) is -9.82. The third-order valence-electron chi connectivity index (χ3n) is 15.5. The van der Waals surface area contributed by atoms with Crippen LogP contribution in [0.25, 0.3) is 0 Å². The molecule has 566 valence electrons. The molecule has 0 aromatic rings. The van der Waals surface area contributed by atoms with Crippen LogP contribution in [0.1, 0.15) is 290 Å².